The molecule has 0 spiro atoms. The van der Waals surface area contributed by atoms with Gasteiger partial charge in [0.05, 0.1) is 18.4 Å². The lowest BCUT2D eigenvalue weighted by Gasteiger charge is -2.24. The quantitative estimate of drug-likeness (QED) is 0.622. The highest BCUT2D eigenvalue weighted by Crippen LogP contribution is 2.29. The Labute approximate surface area is 179 Å². The van der Waals surface area contributed by atoms with Crippen molar-refractivity contribution < 1.29 is 17.9 Å². The fraction of sp³-hybridized carbons (Fsp3) is 0.435. The number of ether oxygens (including phenoxy) is 1. The van der Waals surface area contributed by atoms with Crippen LogP contribution in [0.2, 0.25) is 0 Å². The van der Waals surface area contributed by atoms with Crippen LogP contribution in [0, 0.1) is 6.92 Å². The zero-order valence-electron chi connectivity index (χ0n) is 17.6. The number of nitrogens with one attached hydrogen (secondary N) is 2. The van der Waals surface area contributed by atoms with Crippen molar-refractivity contribution in [2.45, 2.75) is 62.8 Å². The van der Waals surface area contributed by atoms with Gasteiger partial charge in [-0.25, -0.2) is 13.2 Å². The molecule has 0 saturated heterocycles. The van der Waals surface area contributed by atoms with Crippen LogP contribution < -0.4 is 10.0 Å². The number of carbonyl (C=O) groups is 1. The molecule has 6 nitrogen and oxygen atoms in total. The minimum Gasteiger partial charge on any atom is -0.465 e. The third kappa shape index (κ3) is 5.75. The van der Waals surface area contributed by atoms with Gasteiger partial charge in [-0.3, -0.25) is 4.72 Å². The van der Waals surface area contributed by atoms with Crippen LogP contribution in [0.25, 0.3) is 0 Å². The van der Waals surface area contributed by atoms with Crippen molar-refractivity contribution in [2.75, 3.05) is 17.1 Å². The fourth-order valence-electron chi connectivity index (χ4n) is 3.76. The minimum atomic E-state index is -3.91. The lowest BCUT2D eigenvalue weighted by atomic mass is 9.96. The van der Waals surface area contributed by atoms with Crippen molar-refractivity contribution in [1.82, 2.24) is 0 Å². The van der Waals surface area contributed by atoms with E-state index in [0.717, 1.165) is 31.2 Å². The number of rotatable bonds is 6. The largest absolute Gasteiger partial charge is 0.465 e. The van der Waals surface area contributed by atoms with Gasteiger partial charge in [-0.2, -0.15) is 0 Å². The molecule has 0 aliphatic heterocycles. The van der Waals surface area contributed by atoms with Gasteiger partial charge in [-0.1, -0.05) is 49.8 Å². The second kappa shape index (κ2) is 9.98. The maximum atomic E-state index is 13.2. The molecular formula is C23H30N2O4S. The number of anilines is 2. The molecule has 3 rings (SSSR count). The Bertz CT molecular complexity index is 963. The molecule has 1 saturated carbocycles. The second-order valence-corrected chi connectivity index (χ2v) is 9.51. The Kier molecular flexibility index (Phi) is 7.37. The van der Waals surface area contributed by atoms with E-state index in [1.807, 2.05) is 19.1 Å². The second-order valence-electron chi connectivity index (χ2n) is 7.86. The first kappa shape index (κ1) is 22.2. The van der Waals surface area contributed by atoms with Gasteiger partial charge in [0.1, 0.15) is 4.90 Å². The molecule has 0 atom stereocenters. The number of esters is 1. The highest BCUT2D eigenvalue weighted by molar-refractivity contribution is 7.92. The maximum absolute atomic E-state index is 13.2. The first-order chi connectivity index (χ1) is 14.4. The van der Waals surface area contributed by atoms with Crippen LogP contribution in [-0.4, -0.2) is 27.5 Å². The molecule has 7 heteroatoms. The number of hydrogen-bond donors (Lipinski definition) is 2. The molecule has 2 aromatic carbocycles. The van der Waals surface area contributed by atoms with E-state index in [4.69, 9.17) is 4.74 Å². The molecule has 0 aromatic heterocycles. The zero-order valence-corrected chi connectivity index (χ0v) is 18.4. The van der Waals surface area contributed by atoms with Crippen molar-refractivity contribution in [1.29, 1.82) is 0 Å². The Morgan fingerprint density at radius 3 is 2.23 bits per heavy atom. The zero-order chi connectivity index (χ0) is 21.6. The summed E-state index contributed by atoms with van der Waals surface area (Å²) in [5.74, 6) is -0.570. The first-order valence-corrected chi connectivity index (χ1v) is 12.0. The van der Waals surface area contributed by atoms with Crippen LogP contribution in [0.3, 0.4) is 0 Å². The van der Waals surface area contributed by atoms with Crippen LogP contribution >= 0.6 is 0 Å². The number of hydrogen-bond acceptors (Lipinski definition) is 5. The standard InChI is InChI=1S/C23H30N2O4S/c1-17-10-13-20(14-11-17)25-30(27,28)22-16-18(23(26)29-2)12-15-21(22)24-19-8-6-4-3-5-7-9-19/h10-16,19,24-25H,3-9H2,1-2H3. The Morgan fingerprint density at radius 1 is 0.967 bits per heavy atom. The van der Waals surface area contributed by atoms with Gasteiger partial charge in [0.25, 0.3) is 10.0 Å². The van der Waals surface area contributed by atoms with Crippen molar-refractivity contribution in [3.63, 3.8) is 0 Å². The molecule has 1 fully saturated rings. The number of sulfonamides is 1. The molecule has 162 valence electrons. The van der Waals surface area contributed by atoms with Crippen molar-refractivity contribution >= 4 is 27.4 Å². The van der Waals surface area contributed by atoms with Crippen LogP contribution in [0.1, 0.15) is 60.9 Å². The summed E-state index contributed by atoms with van der Waals surface area (Å²) in [5, 5.41) is 3.43. The van der Waals surface area contributed by atoms with E-state index in [2.05, 4.69) is 10.0 Å². The predicted octanol–water partition coefficient (Wildman–Crippen LogP) is 5.11. The third-order valence-corrected chi connectivity index (χ3v) is 6.88. The molecular weight excluding hydrogens is 400 g/mol. The average Bonchev–Trinajstić information content (AvgIpc) is 2.71. The molecule has 0 heterocycles. The summed E-state index contributed by atoms with van der Waals surface area (Å²) in [6.45, 7) is 1.94. The maximum Gasteiger partial charge on any atom is 0.337 e. The van der Waals surface area contributed by atoms with Crippen LogP contribution in [0.5, 0.6) is 0 Å². The molecule has 0 bridgehead atoms. The predicted molar refractivity (Wildman–Crippen MR) is 119 cm³/mol. The van der Waals surface area contributed by atoms with Crippen LogP contribution in [-0.2, 0) is 14.8 Å². The van der Waals surface area contributed by atoms with E-state index in [9.17, 15) is 13.2 Å². The summed E-state index contributed by atoms with van der Waals surface area (Å²) in [7, 11) is -2.63. The summed E-state index contributed by atoms with van der Waals surface area (Å²) in [4.78, 5) is 12.1. The smallest absolute Gasteiger partial charge is 0.337 e. The average molecular weight is 431 g/mol. The molecule has 0 amide bonds. The van der Waals surface area contributed by atoms with Gasteiger partial charge in [0.15, 0.2) is 0 Å². The van der Waals surface area contributed by atoms with Gasteiger partial charge in [-0.15, -0.1) is 0 Å². The lowest BCUT2D eigenvalue weighted by Crippen LogP contribution is -2.23. The van der Waals surface area contributed by atoms with Crippen LogP contribution in [0.4, 0.5) is 11.4 Å². The molecule has 2 N–H and O–H groups in total. The van der Waals surface area contributed by atoms with Gasteiger partial charge >= 0.3 is 5.97 Å². The molecule has 1 aliphatic rings. The first-order valence-electron chi connectivity index (χ1n) is 10.5. The highest BCUT2D eigenvalue weighted by Gasteiger charge is 2.23. The van der Waals surface area contributed by atoms with E-state index in [1.165, 1.54) is 32.4 Å². The highest BCUT2D eigenvalue weighted by atomic mass is 32.2. The van der Waals surface area contributed by atoms with E-state index in [1.54, 1.807) is 24.3 Å². The summed E-state index contributed by atoms with van der Waals surface area (Å²) < 4.78 is 33.9. The minimum absolute atomic E-state index is 0.0491. The van der Waals surface area contributed by atoms with Gasteiger partial charge < -0.3 is 10.1 Å². The monoisotopic (exact) mass is 430 g/mol. The number of methoxy groups -OCH3 is 1. The SMILES string of the molecule is COC(=O)c1ccc(NC2CCCCCCC2)c(S(=O)(=O)Nc2ccc(C)cc2)c1. The van der Waals surface area contributed by atoms with Crippen molar-refractivity contribution in [3.8, 4) is 0 Å². The summed E-state index contributed by atoms with van der Waals surface area (Å²) in [6.07, 6.45) is 7.94. The van der Waals surface area contributed by atoms with E-state index >= 15 is 0 Å². The topological polar surface area (TPSA) is 84.5 Å². The van der Waals surface area contributed by atoms with E-state index in [-0.39, 0.29) is 16.5 Å². The van der Waals surface area contributed by atoms with Gasteiger partial charge in [-0.05, 0) is 50.1 Å². The third-order valence-electron chi connectivity index (χ3n) is 5.46. The van der Waals surface area contributed by atoms with E-state index < -0.39 is 16.0 Å². The molecule has 30 heavy (non-hydrogen) atoms. The fourth-order valence-corrected chi connectivity index (χ4v) is 5.02. The molecule has 0 radical (unpaired) electrons. The Hall–Kier alpha value is -2.54. The number of carbonyl (C=O) groups excluding carboxylic acids is 1. The van der Waals surface area contributed by atoms with Gasteiger partial charge in [0.2, 0.25) is 0 Å². The normalized spacial score (nSPS) is 15.7. The van der Waals surface area contributed by atoms with Crippen molar-refractivity contribution in [2.24, 2.45) is 0 Å². The Morgan fingerprint density at radius 2 is 1.60 bits per heavy atom. The lowest BCUT2D eigenvalue weighted by molar-refractivity contribution is 0.0600. The molecule has 2 aromatic rings. The van der Waals surface area contributed by atoms with Crippen molar-refractivity contribution in [3.05, 3.63) is 53.6 Å². The summed E-state index contributed by atoms with van der Waals surface area (Å²) in [6, 6.07) is 12.0. The summed E-state index contributed by atoms with van der Waals surface area (Å²) >= 11 is 0. The number of aryl methyl sites for hydroxylation is 1. The number of benzene rings is 2. The Balaban J connectivity index is 1.93. The summed E-state index contributed by atoms with van der Waals surface area (Å²) in [5.41, 5.74) is 2.22. The van der Waals surface area contributed by atoms with Gasteiger partial charge in [0, 0.05) is 11.7 Å². The van der Waals surface area contributed by atoms with E-state index in [0.29, 0.717) is 11.4 Å². The van der Waals surface area contributed by atoms with Crippen LogP contribution in [0.15, 0.2) is 47.4 Å². The molecule has 1 aliphatic carbocycles. The molecule has 0 unspecified atom stereocenters.